The minimum absolute atomic E-state index is 0.0408. The number of carbonyl (C=O) groups is 3. The molecule has 0 atom stereocenters. The Morgan fingerprint density at radius 3 is 2.14 bits per heavy atom. The fourth-order valence-corrected chi connectivity index (χ4v) is 4.99. The quantitative estimate of drug-likeness (QED) is 0.527. The van der Waals surface area contributed by atoms with Crippen LogP contribution in [0.3, 0.4) is 0 Å². The number of fused-ring (bicyclic) bond motifs is 1. The number of carboxylic acids is 1. The van der Waals surface area contributed by atoms with Crippen LogP contribution in [0.5, 0.6) is 0 Å². The highest BCUT2D eigenvalue weighted by atomic mass is 79.9. The maximum absolute atomic E-state index is 12.8. The topological polar surface area (TPSA) is 74.7 Å². The molecule has 0 bridgehead atoms. The first-order valence-corrected chi connectivity index (χ1v) is 10.6. The molecule has 0 radical (unpaired) electrons. The SMILES string of the molecule is Cc1sc(N2C(=O)c3ccccc3C2=O)c(C(=O)O)c1CCc1ccc(Br)cc1. The molecule has 2 heterocycles. The number of aryl methyl sites for hydroxylation is 2. The summed E-state index contributed by atoms with van der Waals surface area (Å²) in [5.74, 6) is -2.09. The van der Waals surface area contributed by atoms with Crippen LogP contribution in [0.15, 0.2) is 53.0 Å². The molecular weight excluding hydrogens is 454 g/mol. The minimum atomic E-state index is -1.13. The molecule has 0 saturated heterocycles. The Morgan fingerprint density at radius 1 is 1.00 bits per heavy atom. The van der Waals surface area contributed by atoms with Gasteiger partial charge in [0, 0.05) is 9.35 Å². The van der Waals surface area contributed by atoms with Gasteiger partial charge in [0.1, 0.15) is 5.00 Å². The summed E-state index contributed by atoms with van der Waals surface area (Å²) in [6.45, 7) is 1.83. The van der Waals surface area contributed by atoms with Gasteiger partial charge in [-0.25, -0.2) is 9.69 Å². The summed E-state index contributed by atoms with van der Waals surface area (Å²) >= 11 is 4.58. The number of hydrogen-bond donors (Lipinski definition) is 1. The fourth-order valence-electron chi connectivity index (χ4n) is 3.54. The molecule has 0 unspecified atom stereocenters. The molecule has 0 fully saturated rings. The van der Waals surface area contributed by atoms with Gasteiger partial charge in [0.15, 0.2) is 0 Å². The Hall–Kier alpha value is -2.77. The van der Waals surface area contributed by atoms with Crippen molar-refractivity contribution < 1.29 is 19.5 Å². The van der Waals surface area contributed by atoms with E-state index < -0.39 is 17.8 Å². The van der Waals surface area contributed by atoms with Crippen LogP contribution in [0.25, 0.3) is 0 Å². The maximum atomic E-state index is 12.8. The highest BCUT2D eigenvalue weighted by Gasteiger charge is 2.40. The summed E-state index contributed by atoms with van der Waals surface area (Å²) in [5.41, 5.74) is 2.39. The van der Waals surface area contributed by atoms with Crippen molar-refractivity contribution in [3.63, 3.8) is 0 Å². The van der Waals surface area contributed by atoms with Crippen LogP contribution in [0, 0.1) is 6.92 Å². The first-order chi connectivity index (χ1) is 13.9. The van der Waals surface area contributed by atoms with E-state index >= 15 is 0 Å². The highest BCUT2D eigenvalue weighted by molar-refractivity contribution is 9.10. The molecule has 0 aliphatic carbocycles. The molecule has 4 rings (SSSR count). The lowest BCUT2D eigenvalue weighted by atomic mass is 10.0. The maximum Gasteiger partial charge on any atom is 0.339 e. The smallest absolute Gasteiger partial charge is 0.339 e. The van der Waals surface area contributed by atoms with Crippen LogP contribution in [0.1, 0.15) is 47.1 Å². The van der Waals surface area contributed by atoms with Gasteiger partial charge in [-0.2, -0.15) is 0 Å². The number of amides is 2. The van der Waals surface area contributed by atoms with Crippen molar-refractivity contribution in [1.29, 1.82) is 0 Å². The standard InChI is InChI=1S/C22H16BrNO4S/c1-12-15(11-8-13-6-9-14(23)10-7-13)18(22(27)28)21(29-12)24-19(25)16-4-2-3-5-17(16)20(24)26/h2-7,9-10H,8,11H2,1H3,(H,27,28). The summed E-state index contributed by atoms with van der Waals surface area (Å²) in [6, 6.07) is 14.4. The van der Waals surface area contributed by atoms with Crippen molar-refractivity contribution in [2.24, 2.45) is 0 Å². The van der Waals surface area contributed by atoms with Gasteiger partial charge < -0.3 is 5.11 Å². The van der Waals surface area contributed by atoms with Gasteiger partial charge in [0.05, 0.1) is 16.7 Å². The normalized spacial score (nSPS) is 13.1. The van der Waals surface area contributed by atoms with Crippen LogP contribution in [-0.2, 0) is 12.8 Å². The summed E-state index contributed by atoms with van der Waals surface area (Å²) in [7, 11) is 0. The number of hydrogen-bond acceptors (Lipinski definition) is 4. The Kier molecular flexibility index (Phi) is 5.10. The molecule has 2 aromatic carbocycles. The zero-order chi connectivity index (χ0) is 20.7. The molecule has 0 spiro atoms. The number of carboxylic acid groups (broad SMARTS) is 1. The van der Waals surface area contributed by atoms with Gasteiger partial charge in [-0.15, -0.1) is 11.3 Å². The molecule has 1 aliphatic heterocycles. The van der Waals surface area contributed by atoms with E-state index in [0.29, 0.717) is 29.5 Å². The van der Waals surface area contributed by atoms with Crippen LogP contribution >= 0.6 is 27.3 Å². The Balaban J connectivity index is 1.71. The van der Waals surface area contributed by atoms with Crippen molar-refractivity contribution in [3.8, 4) is 0 Å². The lowest BCUT2D eigenvalue weighted by molar-refractivity contribution is 0.0697. The third-order valence-electron chi connectivity index (χ3n) is 4.98. The van der Waals surface area contributed by atoms with Gasteiger partial charge in [-0.1, -0.05) is 40.2 Å². The summed E-state index contributed by atoms with van der Waals surface area (Å²) in [6.07, 6.45) is 1.17. The van der Waals surface area contributed by atoms with E-state index in [4.69, 9.17) is 0 Å². The van der Waals surface area contributed by atoms with E-state index in [2.05, 4.69) is 15.9 Å². The highest BCUT2D eigenvalue weighted by Crippen LogP contribution is 2.40. The third-order valence-corrected chi connectivity index (χ3v) is 6.64. The molecule has 2 amide bonds. The number of imide groups is 1. The fraction of sp³-hybridized carbons (Fsp3) is 0.136. The molecule has 0 saturated carbocycles. The predicted molar refractivity (Wildman–Crippen MR) is 115 cm³/mol. The molecular formula is C22H16BrNO4S. The van der Waals surface area contributed by atoms with E-state index in [1.807, 2.05) is 31.2 Å². The van der Waals surface area contributed by atoms with Gasteiger partial charge in [0.25, 0.3) is 11.8 Å². The lowest BCUT2D eigenvalue weighted by Gasteiger charge is -2.13. The first kappa shape index (κ1) is 19.5. The van der Waals surface area contributed by atoms with Gasteiger partial charge >= 0.3 is 5.97 Å². The largest absolute Gasteiger partial charge is 0.478 e. The van der Waals surface area contributed by atoms with Crippen molar-refractivity contribution in [3.05, 3.63) is 85.7 Å². The van der Waals surface area contributed by atoms with E-state index in [1.54, 1.807) is 24.3 Å². The monoisotopic (exact) mass is 469 g/mol. The summed E-state index contributed by atoms with van der Waals surface area (Å²) < 4.78 is 0.979. The Labute approximate surface area is 179 Å². The van der Waals surface area contributed by atoms with Crippen molar-refractivity contribution in [2.75, 3.05) is 4.90 Å². The van der Waals surface area contributed by atoms with Gasteiger partial charge in [-0.05, 0) is 55.2 Å². The zero-order valence-corrected chi connectivity index (χ0v) is 17.8. The number of rotatable bonds is 5. The molecule has 5 nitrogen and oxygen atoms in total. The second-order valence-corrected chi connectivity index (χ2v) is 8.86. The van der Waals surface area contributed by atoms with Crippen LogP contribution in [-0.4, -0.2) is 22.9 Å². The van der Waals surface area contributed by atoms with E-state index in [0.717, 1.165) is 19.8 Å². The van der Waals surface area contributed by atoms with E-state index in [9.17, 15) is 19.5 Å². The molecule has 29 heavy (non-hydrogen) atoms. The number of benzene rings is 2. The molecule has 7 heteroatoms. The molecule has 1 aromatic heterocycles. The molecule has 146 valence electrons. The van der Waals surface area contributed by atoms with Crippen molar-refractivity contribution >= 4 is 50.1 Å². The van der Waals surface area contributed by atoms with Crippen LogP contribution < -0.4 is 4.90 Å². The number of carbonyl (C=O) groups excluding carboxylic acids is 2. The lowest BCUT2D eigenvalue weighted by Crippen LogP contribution is -2.30. The average molecular weight is 470 g/mol. The van der Waals surface area contributed by atoms with E-state index in [-0.39, 0.29) is 10.6 Å². The third kappa shape index (κ3) is 3.41. The van der Waals surface area contributed by atoms with Gasteiger partial charge in [0.2, 0.25) is 0 Å². The number of nitrogens with zero attached hydrogens (tertiary/aromatic N) is 1. The number of aromatic carboxylic acids is 1. The van der Waals surface area contributed by atoms with Crippen molar-refractivity contribution in [1.82, 2.24) is 0 Å². The number of halogens is 1. The number of thiophene rings is 1. The first-order valence-electron chi connectivity index (χ1n) is 8.96. The van der Waals surface area contributed by atoms with Crippen molar-refractivity contribution in [2.45, 2.75) is 19.8 Å². The van der Waals surface area contributed by atoms with Crippen LogP contribution in [0.4, 0.5) is 5.00 Å². The zero-order valence-electron chi connectivity index (χ0n) is 15.4. The second-order valence-electron chi connectivity index (χ2n) is 6.74. The molecule has 1 aliphatic rings. The second kappa shape index (κ2) is 7.57. The predicted octanol–water partition coefficient (Wildman–Crippen LogP) is 5.10. The average Bonchev–Trinajstić information content (AvgIpc) is 3.15. The Morgan fingerprint density at radius 2 is 1.59 bits per heavy atom. The summed E-state index contributed by atoms with van der Waals surface area (Å²) in [5, 5.41) is 10.1. The molecule has 1 N–H and O–H groups in total. The number of anilines is 1. The Bertz CT molecular complexity index is 1120. The summed E-state index contributed by atoms with van der Waals surface area (Å²) in [4.78, 5) is 39.6. The van der Waals surface area contributed by atoms with Gasteiger partial charge in [-0.3, -0.25) is 9.59 Å². The van der Waals surface area contributed by atoms with Crippen LogP contribution in [0.2, 0.25) is 0 Å². The molecule has 3 aromatic rings. The minimum Gasteiger partial charge on any atom is -0.478 e. The van der Waals surface area contributed by atoms with E-state index in [1.165, 1.54) is 11.3 Å².